The SMILES string of the molecule is Cc1ccc2nc(-c3ccc(N4C(=O)CC(N5CC(C)OC(C)C5)C4=O)cc3)sc2c1. The highest BCUT2D eigenvalue weighted by atomic mass is 32.1. The molecule has 3 atom stereocenters. The molecule has 3 aromatic rings. The summed E-state index contributed by atoms with van der Waals surface area (Å²) in [7, 11) is 0. The first-order valence-electron chi connectivity index (χ1n) is 10.6. The molecule has 1 aromatic heterocycles. The molecule has 2 fully saturated rings. The third kappa shape index (κ3) is 3.78. The Kier molecular flexibility index (Phi) is 5.12. The number of thiazole rings is 1. The highest BCUT2D eigenvalue weighted by Crippen LogP contribution is 2.33. The molecule has 0 radical (unpaired) electrons. The number of carbonyl (C=O) groups excluding carboxylic acids is 2. The van der Waals surface area contributed by atoms with Crippen LogP contribution in [-0.2, 0) is 14.3 Å². The summed E-state index contributed by atoms with van der Waals surface area (Å²) in [4.78, 5) is 34.0. The van der Waals surface area contributed by atoms with Crippen molar-refractivity contribution in [2.45, 2.75) is 45.4 Å². The molecule has 160 valence electrons. The zero-order chi connectivity index (χ0) is 21.7. The summed E-state index contributed by atoms with van der Waals surface area (Å²) in [5.74, 6) is -0.292. The van der Waals surface area contributed by atoms with Crippen LogP contribution in [0.4, 0.5) is 5.69 Å². The highest BCUT2D eigenvalue weighted by Gasteiger charge is 2.44. The number of nitrogens with zero attached hydrogens (tertiary/aromatic N) is 3. The van der Waals surface area contributed by atoms with E-state index in [1.54, 1.807) is 11.3 Å². The van der Waals surface area contributed by atoms with Crippen LogP contribution in [0.25, 0.3) is 20.8 Å². The Morgan fingerprint density at radius 2 is 1.74 bits per heavy atom. The second-order valence-corrected chi connectivity index (χ2v) is 9.57. The van der Waals surface area contributed by atoms with Crippen LogP contribution in [0, 0.1) is 6.92 Å². The molecule has 5 rings (SSSR count). The molecule has 0 N–H and O–H groups in total. The molecule has 0 bridgehead atoms. The molecule has 2 aromatic carbocycles. The topological polar surface area (TPSA) is 62.7 Å². The fourth-order valence-corrected chi connectivity index (χ4v) is 5.62. The van der Waals surface area contributed by atoms with Crippen LogP contribution in [0.1, 0.15) is 25.8 Å². The fourth-order valence-electron chi connectivity index (χ4n) is 4.55. The number of imide groups is 1. The molecule has 3 heterocycles. The molecule has 6 nitrogen and oxygen atoms in total. The van der Waals surface area contributed by atoms with Crippen molar-refractivity contribution in [1.29, 1.82) is 0 Å². The van der Waals surface area contributed by atoms with E-state index in [-0.39, 0.29) is 30.4 Å². The maximum Gasteiger partial charge on any atom is 0.251 e. The first kappa shape index (κ1) is 20.3. The van der Waals surface area contributed by atoms with Gasteiger partial charge in [0.1, 0.15) is 5.01 Å². The first-order chi connectivity index (χ1) is 14.9. The van der Waals surface area contributed by atoms with E-state index in [9.17, 15) is 9.59 Å². The van der Waals surface area contributed by atoms with E-state index in [0.29, 0.717) is 18.8 Å². The lowest BCUT2D eigenvalue weighted by atomic mass is 10.1. The Morgan fingerprint density at radius 1 is 1.03 bits per heavy atom. The Morgan fingerprint density at radius 3 is 2.45 bits per heavy atom. The van der Waals surface area contributed by atoms with Gasteiger partial charge < -0.3 is 4.74 Å². The molecule has 31 heavy (non-hydrogen) atoms. The zero-order valence-electron chi connectivity index (χ0n) is 17.9. The van der Waals surface area contributed by atoms with Crippen molar-refractivity contribution in [3.63, 3.8) is 0 Å². The average molecular weight is 436 g/mol. The number of hydrogen-bond acceptors (Lipinski definition) is 6. The van der Waals surface area contributed by atoms with Gasteiger partial charge in [0.15, 0.2) is 0 Å². The van der Waals surface area contributed by atoms with Crippen LogP contribution in [-0.4, -0.2) is 53.0 Å². The minimum Gasteiger partial charge on any atom is -0.373 e. The summed E-state index contributed by atoms with van der Waals surface area (Å²) in [5.41, 5.74) is 3.79. The Hall–Kier alpha value is -2.61. The Labute approximate surface area is 185 Å². The van der Waals surface area contributed by atoms with Gasteiger partial charge in [-0.3, -0.25) is 14.5 Å². The summed E-state index contributed by atoms with van der Waals surface area (Å²) in [6.45, 7) is 7.41. The Bertz CT molecular complexity index is 1150. The normalized spacial score (nSPS) is 25.0. The number of benzene rings is 2. The standard InChI is InChI=1S/C24H25N3O3S/c1-14-4-9-19-21(10-14)31-23(25-19)17-5-7-18(8-6-17)27-22(28)11-20(24(27)29)26-12-15(2)30-16(3)13-26/h4-10,15-16,20H,11-13H2,1-3H3. The minimum atomic E-state index is -0.409. The summed E-state index contributed by atoms with van der Waals surface area (Å²) in [6, 6.07) is 13.4. The molecule has 7 heteroatoms. The minimum absolute atomic E-state index is 0.0533. The number of rotatable bonds is 3. The summed E-state index contributed by atoms with van der Waals surface area (Å²) in [6.07, 6.45) is 0.326. The number of aryl methyl sites for hydroxylation is 1. The van der Waals surface area contributed by atoms with Gasteiger partial charge in [-0.2, -0.15) is 0 Å². The number of fused-ring (bicyclic) bond motifs is 1. The molecular formula is C24H25N3O3S. The lowest BCUT2D eigenvalue weighted by Crippen LogP contribution is -2.52. The lowest BCUT2D eigenvalue weighted by molar-refractivity contribution is -0.127. The van der Waals surface area contributed by atoms with Crippen molar-refractivity contribution in [2.75, 3.05) is 18.0 Å². The molecule has 3 unspecified atom stereocenters. The first-order valence-corrected chi connectivity index (χ1v) is 11.4. The summed E-state index contributed by atoms with van der Waals surface area (Å²) < 4.78 is 6.93. The maximum atomic E-state index is 13.1. The van der Waals surface area contributed by atoms with Gasteiger partial charge in [0.25, 0.3) is 5.91 Å². The van der Waals surface area contributed by atoms with Crippen molar-refractivity contribution in [3.05, 3.63) is 48.0 Å². The van der Waals surface area contributed by atoms with Gasteiger partial charge in [-0.15, -0.1) is 11.3 Å². The molecule has 0 saturated carbocycles. The van der Waals surface area contributed by atoms with Crippen molar-refractivity contribution in [3.8, 4) is 10.6 Å². The number of carbonyl (C=O) groups is 2. The summed E-state index contributed by atoms with van der Waals surface area (Å²) in [5, 5.41) is 0.931. The van der Waals surface area contributed by atoms with E-state index < -0.39 is 6.04 Å². The number of hydrogen-bond donors (Lipinski definition) is 0. The predicted molar refractivity (Wildman–Crippen MR) is 122 cm³/mol. The number of amides is 2. The van der Waals surface area contributed by atoms with Crippen molar-refractivity contribution < 1.29 is 14.3 Å². The monoisotopic (exact) mass is 435 g/mol. The highest BCUT2D eigenvalue weighted by molar-refractivity contribution is 7.21. The Balaban J connectivity index is 1.37. The van der Waals surface area contributed by atoms with Gasteiger partial charge in [-0.1, -0.05) is 6.07 Å². The number of anilines is 1. The van der Waals surface area contributed by atoms with Crippen LogP contribution >= 0.6 is 11.3 Å². The zero-order valence-corrected chi connectivity index (χ0v) is 18.7. The lowest BCUT2D eigenvalue weighted by Gasteiger charge is -2.37. The maximum absolute atomic E-state index is 13.1. The van der Waals surface area contributed by atoms with Crippen LogP contribution in [0.5, 0.6) is 0 Å². The summed E-state index contributed by atoms with van der Waals surface area (Å²) >= 11 is 1.65. The van der Waals surface area contributed by atoms with Crippen molar-refractivity contribution in [1.82, 2.24) is 9.88 Å². The van der Waals surface area contributed by atoms with Gasteiger partial charge in [0, 0.05) is 18.7 Å². The van der Waals surface area contributed by atoms with Crippen LogP contribution in [0.3, 0.4) is 0 Å². The molecule has 2 aliphatic rings. The van der Waals surface area contributed by atoms with Crippen LogP contribution < -0.4 is 4.90 Å². The van der Waals surface area contributed by atoms with Gasteiger partial charge in [0.2, 0.25) is 5.91 Å². The van der Waals surface area contributed by atoms with E-state index in [1.165, 1.54) is 10.5 Å². The van der Waals surface area contributed by atoms with Gasteiger partial charge in [-0.25, -0.2) is 9.88 Å². The molecule has 2 amide bonds. The number of morpholine rings is 1. The van der Waals surface area contributed by atoms with E-state index in [2.05, 4.69) is 24.0 Å². The number of ether oxygens (including phenoxy) is 1. The second kappa shape index (κ2) is 7.82. The number of aromatic nitrogens is 1. The van der Waals surface area contributed by atoms with Crippen LogP contribution in [0.15, 0.2) is 42.5 Å². The predicted octanol–water partition coefficient (Wildman–Crippen LogP) is 4.01. The van der Waals surface area contributed by atoms with E-state index in [0.717, 1.165) is 20.8 Å². The van der Waals surface area contributed by atoms with Crippen molar-refractivity contribution >= 4 is 39.1 Å². The molecule has 0 spiro atoms. The van der Waals surface area contributed by atoms with Gasteiger partial charge in [-0.05, 0) is 62.7 Å². The quantitative estimate of drug-likeness (QED) is 0.582. The smallest absolute Gasteiger partial charge is 0.251 e. The molecule has 2 saturated heterocycles. The molecule has 2 aliphatic heterocycles. The average Bonchev–Trinajstić information content (AvgIpc) is 3.27. The molecular weight excluding hydrogens is 410 g/mol. The van der Waals surface area contributed by atoms with Gasteiger partial charge >= 0.3 is 0 Å². The van der Waals surface area contributed by atoms with E-state index >= 15 is 0 Å². The van der Waals surface area contributed by atoms with Crippen LogP contribution in [0.2, 0.25) is 0 Å². The third-order valence-electron chi connectivity index (χ3n) is 5.93. The van der Waals surface area contributed by atoms with Gasteiger partial charge in [0.05, 0.1) is 40.6 Å². The largest absolute Gasteiger partial charge is 0.373 e. The van der Waals surface area contributed by atoms with E-state index in [4.69, 9.17) is 9.72 Å². The van der Waals surface area contributed by atoms with Crippen molar-refractivity contribution in [2.24, 2.45) is 0 Å². The third-order valence-corrected chi connectivity index (χ3v) is 7.00. The second-order valence-electron chi connectivity index (χ2n) is 8.54. The van der Waals surface area contributed by atoms with E-state index in [1.807, 2.05) is 44.2 Å². The molecule has 0 aliphatic carbocycles. The fraction of sp³-hybridized carbons (Fsp3) is 0.375.